The Morgan fingerprint density at radius 3 is 2.50 bits per heavy atom. The minimum absolute atomic E-state index is 0.138. The van der Waals surface area contributed by atoms with Crippen LogP contribution >= 0.6 is 0 Å². The van der Waals surface area contributed by atoms with Crippen molar-refractivity contribution in [3.63, 3.8) is 0 Å². The number of aromatic amines is 1. The summed E-state index contributed by atoms with van der Waals surface area (Å²) in [6.45, 7) is 6.10. The maximum absolute atomic E-state index is 12.3. The number of urea groups is 1. The van der Waals surface area contributed by atoms with Crippen molar-refractivity contribution < 1.29 is 4.79 Å². The number of carbonyl (C=O) groups excluding carboxylic acids is 1. The Balaban J connectivity index is 1.58. The standard InChI is InChI=1S/C17H26N4O3/c1-11(2)12-5-7-20(8-6-12)16(23)18-9-13-10-21(14-3-4-14)17(24)19-15(13)22/h10-12,14H,3-9H2,1-2H3,(H,18,23)(H,19,22,24). The van der Waals surface area contributed by atoms with Gasteiger partial charge in [-0.3, -0.25) is 14.3 Å². The van der Waals surface area contributed by atoms with E-state index in [1.165, 1.54) is 0 Å². The second-order valence-electron chi connectivity index (χ2n) is 7.28. The maximum Gasteiger partial charge on any atom is 0.328 e. The number of nitrogens with zero attached hydrogens (tertiary/aromatic N) is 2. The molecule has 1 aromatic rings. The molecule has 0 bridgehead atoms. The van der Waals surface area contributed by atoms with E-state index in [1.54, 1.807) is 10.8 Å². The molecule has 3 rings (SSSR count). The van der Waals surface area contributed by atoms with Gasteiger partial charge in [-0.1, -0.05) is 13.8 Å². The zero-order valence-electron chi connectivity index (χ0n) is 14.4. The average molecular weight is 334 g/mol. The first-order valence-corrected chi connectivity index (χ1v) is 8.83. The second-order valence-corrected chi connectivity index (χ2v) is 7.28. The topological polar surface area (TPSA) is 87.2 Å². The van der Waals surface area contributed by atoms with Gasteiger partial charge < -0.3 is 10.2 Å². The molecule has 0 spiro atoms. The quantitative estimate of drug-likeness (QED) is 0.873. The monoisotopic (exact) mass is 334 g/mol. The van der Waals surface area contributed by atoms with Crippen LogP contribution in [0.5, 0.6) is 0 Å². The largest absolute Gasteiger partial charge is 0.334 e. The van der Waals surface area contributed by atoms with E-state index in [-0.39, 0.29) is 24.3 Å². The first-order chi connectivity index (χ1) is 11.5. The van der Waals surface area contributed by atoms with Crippen LogP contribution in [0.15, 0.2) is 15.8 Å². The highest BCUT2D eigenvalue weighted by Gasteiger charge is 2.26. The summed E-state index contributed by atoms with van der Waals surface area (Å²) < 4.78 is 1.57. The third-order valence-electron chi connectivity index (χ3n) is 5.18. The zero-order chi connectivity index (χ0) is 17.3. The van der Waals surface area contributed by atoms with Crippen molar-refractivity contribution in [1.82, 2.24) is 19.8 Å². The molecule has 1 saturated heterocycles. The Morgan fingerprint density at radius 1 is 1.25 bits per heavy atom. The van der Waals surface area contributed by atoms with Crippen LogP contribution < -0.4 is 16.6 Å². The highest BCUT2D eigenvalue weighted by molar-refractivity contribution is 5.74. The lowest BCUT2D eigenvalue weighted by Crippen LogP contribution is -2.45. The van der Waals surface area contributed by atoms with Crippen LogP contribution in [-0.4, -0.2) is 33.6 Å². The van der Waals surface area contributed by atoms with Gasteiger partial charge in [-0.25, -0.2) is 9.59 Å². The zero-order valence-corrected chi connectivity index (χ0v) is 14.4. The van der Waals surface area contributed by atoms with Crippen molar-refractivity contribution in [2.24, 2.45) is 11.8 Å². The molecule has 7 nitrogen and oxygen atoms in total. The summed E-state index contributed by atoms with van der Waals surface area (Å²) in [6.07, 6.45) is 5.56. The number of aromatic nitrogens is 2. The van der Waals surface area contributed by atoms with Crippen LogP contribution in [-0.2, 0) is 6.54 Å². The van der Waals surface area contributed by atoms with Crippen molar-refractivity contribution in [3.8, 4) is 0 Å². The van der Waals surface area contributed by atoms with Gasteiger partial charge in [-0.05, 0) is 37.5 Å². The third kappa shape index (κ3) is 3.71. The second kappa shape index (κ2) is 6.83. The maximum atomic E-state index is 12.3. The van der Waals surface area contributed by atoms with Gasteiger partial charge in [0.2, 0.25) is 0 Å². The number of amides is 2. The molecule has 2 aliphatic rings. The number of hydrogen-bond acceptors (Lipinski definition) is 3. The van der Waals surface area contributed by atoms with Gasteiger partial charge in [0.25, 0.3) is 5.56 Å². The minimum atomic E-state index is -0.421. The van der Waals surface area contributed by atoms with Gasteiger partial charge in [0.05, 0.1) is 12.1 Å². The van der Waals surface area contributed by atoms with Crippen molar-refractivity contribution in [1.29, 1.82) is 0 Å². The van der Waals surface area contributed by atoms with Crippen molar-refractivity contribution in [2.45, 2.75) is 52.1 Å². The van der Waals surface area contributed by atoms with E-state index in [9.17, 15) is 14.4 Å². The van der Waals surface area contributed by atoms with E-state index in [0.717, 1.165) is 38.8 Å². The molecule has 2 heterocycles. The number of likely N-dealkylation sites (tertiary alicyclic amines) is 1. The summed E-state index contributed by atoms with van der Waals surface area (Å²) in [5.74, 6) is 1.33. The molecule has 2 fully saturated rings. The third-order valence-corrected chi connectivity index (χ3v) is 5.18. The van der Waals surface area contributed by atoms with Gasteiger partial charge in [-0.2, -0.15) is 0 Å². The summed E-state index contributed by atoms with van der Waals surface area (Å²) >= 11 is 0. The highest BCUT2D eigenvalue weighted by atomic mass is 16.2. The molecular formula is C17H26N4O3. The molecular weight excluding hydrogens is 308 g/mol. The molecule has 2 amide bonds. The lowest BCUT2D eigenvalue weighted by Gasteiger charge is -2.33. The van der Waals surface area contributed by atoms with E-state index >= 15 is 0 Å². The summed E-state index contributed by atoms with van der Waals surface area (Å²) in [4.78, 5) is 40.1. The molecule has 0 aromatic carbocycles. The number of H-pyrrole nitrogens is 1. The van der Waals surface area contributed by atoms with Gasteiger partial charge in [0.1, 0.15) is 0 Å². The Morgan fingerprint density at radius 2 is 1.92 bits per heavy atom. The van der Waals surface area contributed by atoms with Gasteiger partial charge in [-0.15, -0.1) is 0 Å². The molecule has 1 aliphatic carbocycles. The Bertz CT molecular complexity index is 709. The van der Waals surface area contributed by atoms with E-state index in [1.807, 2.05) is 4.90 Å². The fourth-order valence-electron chi connectivity index (χ4n) is 3.33. The van der Waals surface area contributed by atoms with Crippen molar-refractivity contribution in [3.05, 3.63) is 32.6 Å². The average Bonchev–Trinajstić information content (AvgIpc) is 3.38. The predicted octanol–water partition coefficient (Wildman–Crippen LogP) is 1.45. The number of rotatable bonds is 4. The molecule has 0 atom stereocenters. The van der Waals surface area contributed by atoms with Crippen LogP contribution in [0.25, 0.3) is 0 Å². The molecule has 1 aromatic heterocycles. The lowest BCUT2D eigenvalue weighted by atomic mass is 9.87. The summed E-state index contributed by atoms with van der Waals surface area (Å²) in [5, 5.41) is 2.81. The summed E-state index contributed by atoms with van der Waals surface area (Å²) in [6, 6.07) is 0.0552. The molecule has 0 radical (unpaired) electrons. The van der Waals surface area contributed by atoms with Crippen molar-refractivity contribution in [2.75, 3.05) is 13.1 Å². The van der Waals surface area contributed by atoms with E-state index in [2.05, 4.69) is 24.1 Å². The van der Waals surface area contributed by atoms with Crippen LogP contribution in [0.3, 0.4) is 0 Å². The SMILES string of the molecule is CC(C)C1CCN(C(=O)NCc2cn(C3CC3)c(=O)[nH]c2=O)CC1. The molecule has 24 heavy (non-hydrogen) atoms. The summed E-state index contributed by atoms with van der Waals surface area (Å²) in [5.41, 5.74) is -0.365. The predicted molar refractivity (Wildman–Crippen MR) is 91.0 cm³/mol. The fraction of sp³-hybridized carbons (Fsp3) is 0.706. The molecule has 2 N–H and O–H groups in total. The van der Waals surface area contributed by atoms with Gasteiger partial charge >= 0.3 is 11.7 Å². The summed E-state index contributed by atoms with van der Waals surface area (Å²) in [7, 11) is 0. The lowest BCUT2D eigenvalue weighted by molar-refractivity contribution is 0.156. The Hall–Kier alpha value is -2.05. The van der Waals surface area contributed by atoms with Crippen LogP contribution in [0.2, 0.25) is 0 Å². The normalized spacial score (nSPS) is 18.9. The van der Waals surface area contributed by atoms with E-state index in [4.69, 9.17) is 0 Å². The van der Waals surface area contributed by atoms with Gasteiger partial charge in [0, 0.05) is 25.3 Å². The smallest absolute Gasteiger partial charge is 0.328 e. The highest BCUT2D eigenvalue weighted by Crippen LogP contribution is 2.33. The van der Waals surface area contributed by atoms with Crippen molar-refractivity contribution >= 4 is 6.03 Å². The van der Waals surface area contributed by atoms with E-state index in [0.29, 0.717) is 17.4 Å². The molecule has 1 aliphatic heterocycles. The van der Waals surface area contributed by atoms with Crippen LogP contribution in [0.4, 0.5) is 4.79 Å². The first kappa shape index (κ1) is 16.8. The Labute approximate surface area is 141 Å². The molecule has 0 unspecified atom stereocenters. The first-order valence-electron chi connectivity index (χ1n) is 8.83. The van der Waals surface area contributed by atoms with E-state index < -0.39 is 5.56 Å². The minimum Gasteiger partial charge on any atom is -0.334 e. The number of hydrogen-bond donors (Lipinski definition) is 2. The number of carbonyl (C=O) groups is 1. The molecule has 132 valence electrons. The van der Waals surface area contributed by atoms with Gasteiger partial charge in [0.15, 0.2) is 0 Å². The molecule has 1 saturated carbocycles. The molecule has 7 heteroatoms. The van der Waals surface area contributed by atoms with Crippen LogP contribution in [0.1, 0.15) is 51.1 Å². The fourth-order valence-corrected chi connectivity index (χ4v) is 3.33. The number of piperidine rings is 1. The van der Waals surface area contributed by atoms with Crippen LogP contribution in [0, 0.1) is 11.8 Å². The number of nitrogens with one attached hydrogen (secondary N) is 2. The Kier molecular flexibility index (Phi) is 4.78.